The fourth-order valence-electron chi connectivity index (χ4n) is 3.12. The molecule has 8 nitrogen and oxygen atoms in total. The third-order valence-corrected chi connectivity index (χ3v) is 4.68. The molecular weight excluding hydrogens is 384 g/mol. The van der Waals surface area contributed by atoms with Crippen LogP contribution < -0.4 is 20.9 Å². The Bertz CT molecular complexity index is 875. The van der Waals surface area contributed by atoms with E-state index in [2.05, 4.69) is 33.0 Å². The van der Waals surface area contributed by atoms with Gasteiger partial charge in [0, 0.05) is 43.6 Å². The van der Waals surface area contributed by atoms with Crippen LogP contribution in [0.15, 0.2) is 48.5 Å². The number of hydrogen-bond donors (Lipinski definition) is 3. The standard InChI is InChI=1S/C22H26N4O4/c1-16(27)24-18-4-6-19(7-5-18)25-22(29)21(28)23-11-10-17-2-8-20(9-3-17)26-12-14-30-15-13-26/h2-9H,10-15H2,1H3,(H,23,28)(H,24,27)(H,25,29). The van der Waals surface area contributed by atoms with Gasteiger partial charge in [-0.3, -0.25) is 14.4 Å². The second kappa shape index (κ2) is 10.4. The molecule has 158 valence electrons. The van der Waals surface area contributed by atoms with Gasteiger partial charge in [0.25, 0.3) is 0 Å². The average Bonchev–Trinajstić information content (AvgIpc) is 2.76. The Kier molecular flexibility index (Phi) is 7.40. The van der Waals surface area contributed by atoms with Crippen LogP contribution >= 0.6 is 0 Å². The molecule has 3 amide bonds. The summed E-state index contributed by atoms with van der Waals surface area (Å²) in [6.45, 7) is 5.05. The number of nitrogens with zero attached hydrogens (tertiary/aromatic N) is 1. The minimum atomic E-state index is -0.732. The number of morpholine rings is 1. The minimum absolute atomic E-state index is 0.179. The van der Waals surface area contributed by atoms with Crippen LogP contribution in [-0.2, 0) is 25.5 Å². The van der Waals surface area contributed by atoms with Crippen molar-refractivity contribution in [1.82, 2.24) is 5.32 Å². The first-order chi connectivity index (χ1) is 14.5. The van der Waals surface area contributed by atoms with Crippen LogP contribution in [0.3, 0.4) is 0 Å². The second-order valence-corrected chi connectivity index (χ2v) is 6.98. The zero-order valence-electron chi connectivity index (χ0n) is 16.9. The molecule has 1 aliphatic heterocycles. The number of rotatable bonds is 6. The molecule has 1 heterocycles. The molecular formula is C22H26N4O4. The van der Waals surface area contributed by atoms with E-state index in [1.807, 2.05) is 12.1 Å². The van der Waals surface area contributed by atoms with E-state index in [1.54, 1.807) is 24.3 Å². The van der Waals surface area contributed by atoms with Crippen molar-refractivity contribution in [3.8, 4) is 0 Å². The highest BCUT2D eigenvalue weighted by molar-refractivity contribution is 6.39. The summed E-state index contributed by atoms with van der Waals surface area (Å²) in [5, 5.41) is 7.80. The van der Waals surface area contributed by atoms with Crippen LogP contribution in [-0.4, -0.2) is 50.6 Å². The van der Waals surface area contributed by atoms with Gasteiger partial charge in [0.05, 0.1) is 13.2 Å². The molecule has 0 spiro atoms. The number of carbonyl (C=O) groups is 3. The van der Waals surface area contributed by atoms with Gasteiger partial charge < -0.3 is 25.6 Å². The average molecular weight is 410 g/mol. The lowest BCUT2D eigenvalue weighted by molar-refractivity contribution is -0.136. The van der Waals surface area contributed by atoms with E-state index in [9.17, 15) is 14.4 Å². The van der Waals surface area contributed by atoms with Gasteiger partial charge in [-0.05, 0) is 48.4 Å². The lowest BCUT2D eigenvalue weighted by Gasteiger charge is -2.28. The quantitative estimate of drug-likeness (QED) is 0.631. The SMILES string of the molecule is CC(=O)Nc1ccc(NC(=O)C(=O)NCCc2ccc(N3CCOCC3)cc2)cc1. The number of hydrogen-bond acceptors (Lipinski definition) is 5. The molecule has 0 bridgehead atoms. The topological polar surface area (TPSA) is 99.8 Å². The van der Waals surface area contributed by atoms with Crippen molar-refractivity contribution in [2.24, 2.45) is 0 Å². The van der Waals surface area contributed by atoms with Gasteiger partial charge in [-0.1, -0.05) is 12.1 Å². The zero-order chi connectivity index (χ0) is 21.3. The van der Waals surface area contributed by atoms with Gasteiger partial charge in [0.1, 0.15) is 0 Å². The number of anilines is 3. The van der Waals surface area contributed by atoms with Crippen molar-refractivity contribution < 1.29 is 19.1 Å². The minimum Gasteiger partial charge on any atom is -0.378 e. The van der Waals surface area contributed by atoms with Gasteiger partial charge in [0.2, 0.25) is 5.91 Å². The molecule has 0 aromatic heterocycles. The van der Waals surface area contributed by atoms with E-state index in [1.165, 1.54) is 6.92 Å². The number of nitrogens with one attached hydrogen (secondary N) is 3. The smallest absolute Gasteiger partial charge is 0.313 e. The van der Waals surface area contributed by atoms with E-state index in [4.69, 9.17) is 4.74 Å². The highest BCUT2D eigenvalue weighted by Gasteiger charge is 2.14. The summed E-state index contributed by atoms with van der Waals surface area (Å²) in [6, 6.07) is 14.7. The fraction of sp³-hybridized carbons (Fsp3) is 0.318. The largest absolute Gasteiger partial charge is 0.378 e. The molecule has 0 atom stereocenters. The maximum absolute atomic E-state index is 12.0. The first-order valence-corrected chi connectivity index (χ1v) is 9.90. The van der Waals surface area contributed by atoms with E-state index in [0.29, 0.717) is 24.3 Å². The van der Waals surface area contributed by atoms with Crippen molar-refractivity contribution in [2.75, 3.05) is 48.4 Å². The monoisotopic (exact) mass is 410 g/mol. The summed E-state index contributed by atoms with van der Waals surface area (Å²) in [4.78, 5) is 37.3. The van der Waals surface area contributed by atoms with E-state index in [-0.39, 0.29) is 5.91 Å². The zero-order valence-corrected chi connectivity index (χ0v) is 16.9. The van der Waals surface area contributed by atoms with Crippen LogP contribution in [0.1, 0.15) is 12.5 Å². The number of benzene rings is 2. The van der Waals surface area contributed by atoms with Crippen LogP contribution in [0.4, 0.5) is 17.1 Å². The molecule has 1 fully saturated rings. The predicted octanol–water partition coefficient (Wildman–Crippen LogP) is 1.78. The Balaban J connectivity index is 1.41. The lowest BCUT2D eigenvalue weighted by atomic mass is 10.1. The number of carbonyl (C=O) groups excluding carboxylic acids is 3. The molecule has 1 saturated heterocycles. The van der Waals surface area contributed by atoms with Crippen LogP contribution in [0.25, 0.3) is 0 Å². The highest BCUT2D eigenvalue weighted by Crippen LogP contribution is 2.17. The molecule has 3 N–H and O–H groups in total. The van der Waals surface area contributed by atoms with Crippen molar-refractivity contribution >= 4 is 34.8 Å². The van der Waals surface area contributed by atoms with E-state index >= 15 is 0 Å². The number of ether oxygens (including phenoxy) is 1. The molecule has 3 rings (SSSR count). The summed E-state index contributed by atoms with van der Waals surface area (Å²) in [6.07, 6.45) is 0.633. The summed E-state index contributed by atoms with van der Waals surface area (Å²) >= 11 is 0. The van der Waals surface area contributed by atoms with Crippen molar-refractivity contribution in [3.05, 3.63) is 54.1 Å². The summed E-state index contributed by atoms with van der Waals surface area (Å²) < 4.78 is 5.37. The first-order valence-electron chi connectivity index (χ1n) is 9.90. The highest BCUT2D eigenvalue weighted by atomic mass is 16.5. The van der Waals surface area contributed by atoms with Crippen LogP contribution in [0.5, 0.6) is 0 Å². The second-order valence-electron chi connectivity index (χ2n) is 6.98. The maximum atomic E-state index is 12.0. The van der Waals surface area contributed by atoms with Gasteiger partial charge >= 0.3 is 11.8 Å². The van der Waals surface area contributed by atoms with E-state index in [0.717, 1.165) is 37.6 Å². The summed E-state index contributed by atoms with van der Waals surface area (Å²) in [5.74, 6) is -1.60. The Hall–Kier alpha value is -3.39. The summed E-state index contributed by atoms with van der Waals surface area (Å²) in [7, 11) is 0. The molecule has 30 heavy (non-hydrogen) atoms. The van der Waals surface area contributed by atoms with Crippen molar-refractivity contribution in [1.29, 1.82) is 0 Å². The Morgan fingerprint density at radius 1 is 0.867 bits per heavy atom. The molecule has 0 radical (unpaired) electrons. The van der Waals surface area contributed by atoms with Crippen molar-refractivity contribution in [2.45, 2.75) is 13.3 Å². The molecule has 8 heteroatoms. The van der Waals surface area contributed by atoms with Gasteiger partial charge in [-0.2, -0.15) is 0 Å². The molecule has 1 aliphatic rings. The fourth-order valence-corrected chi connectivity index (χ4v) is 3.12. The maximum Gasteiger partial charge on any atom is 0.313 e. The molecule has 2 aromatic carbocycles. The van der Waals surface area contributed by atoms with E-state index < -0.39 is 11.8 Å². The van der Waals surface area contributed by atoms with Crippen LogP contribution in [0.2, 0.25) is 0 Å². The lowest BCUT2D eigenvalue weighted by Crippen LogP contribution is -2.36. The Morgan fingerprint density at radius 2 is 1.47 bits per heavy atom. The summed E-state index contributed by atoms with van der Waals surface area (Å²) in [5.41, 5.74) is 3.34. The van der Waals surface area contributed by atoms with Gasteiger partial charge in [-0.15, -0.1) is 0 Å². The third-order valence-electron chi connectivity index (χ3n) is 4.68. The Morgan fingerprint density at radius 3 is 2.07 bits per heavy atom. The van der Waals surface area contributed by atoms with Gasteiger partial charge in [0.15, 0.2) is 0 Å². The predicted molar refractivity (Wildman–Crippen MR) is 116 cm³/mol. The van der Waals surface area contributed by atoms with Gasteiger partial charge in [-0.25, -0.2) is 0 Å². The van der Waals surface area contributed by atoms with Crippen LogP contribution in [0, 0.1) is 0 Å². The Labute approximate surface area is 175 Å². The molecule has 0 saturated carbocycles. The molecule has 2 aromatic rings. The molecule has 0 aliphatic carbocycles. The first kappa shape index (κ1) is 21.3. The molecule has 0 unspecified atom stereocenters. The number of amides is 3. The van der Waals surface area contributed by atoms with Crippen molar-refractivity contribution in [3.63, 3.8) is 0 Å². The normalized spacial score (nSPS) is 13.4. The third kappa shape index (κ3) is 6.31.